The van der Waals surface area contributed by atoms with E-state index in [1.807, 2.05) is 4.93 Å². The second-order valence-corrected chi connectivity index (χ2v) is 4.77. The number of alkyl halides is 1. The van der Waals surface area contributed by atoms with Crippen LogP contribution in [0.5, 0.6) is 0 Å². The van der Waals surface area contributed by atoms with Crippen LogP contribution < -0.4 is 0 Å². The maximum atomic E-state index is 10.2. The second kappa shape index (κ2) is 3.82. The molecule has 0 saturated heterocycles. The molecular weight excluding hydrogens is 221 g/mol. The minimum atomic E-state index is -1.49. The molecule has 0 saturated carbocycles. The summed E-state index contributed by atoms with van der Waals surface area (Å²) in [6, 6.07) is 0. The molecule has 0 spiro atoms. The van der Waals surface area contributed by atoms with Gasteiger partial charge in [0, 0.05) is 0 Å². The number of hydrogen-bond acceptors (Lipinski definition) is 2. The lowest BCUT2D eigenvalue weighted by atomic mass is 11.3. The van der Waals surface area contributed by atoms with Crippen LogP contribution in [0, 0.1) is 0 Å². The lowest BCUT2D eigenvalue weighted by molar-refractivity contribution is 0.183. The minimum Gasteiger partial charge on any atom is -0.451 e. The fraction of sp³-hybridized carbons (Fsp3) is 0.500. The van der Waals surface area contributed by atoms with Crippen LogP contribution >= 0.6 is 19.2 Å². The monoisotopic (exact) mass is 229 g/mol. The number of nitrogens with zero attached hydrogens (tertiary/aromatic N) is 1. The molecule has 8 heavy (non-hydrogen) atoms. The van der Waals surface area contributed by atoms with Crippen LogP contribution in [0.3, 0.4) is 0 Å². The summed E-state index contributed by atoms with van der Waals surface area (Å²) in [5, 5.41) is 0. The quantitative estimate of drug-likeness (QED) is 0.466. The number of carbonyl (C=O) groups excluding carboxylic acids is 1. The third kappa shape index (κ3) is 4.04. The molecule has 0 N–H and O–H groups in total. The van der Waals surface area contributed by atoms with Crippen molar-refractivity contribution in [2.24, 2.45) is 3.15 Å². The number of methoxy groups -OCH3 is 1. The van der Waals surface area contributed by atoms with Gasteiger partial charge in [-0.15, -0.1) is 0 Å². The first-order valence-corrected chi connectivity index (χ1v) is 6.50. The number of carbonyl (C=O) groups is 1. The molecule has 0 aliphatic rings. The molecule has 0 aliphatic carbocycles. The third-order valence-corrected chi connectivity index (χ3v) is 1.61. The van der Waals surface area contributed by atoms with Crippen molar-refractivity contribution >= 4 is 29.8 Å². The molecular formula is C4H8INO2. The molecule has 0 heterocycles. The number of hydrogen-bond donors (Lipinski definition) is 0. The van der Waals surface area contributed by atoms with E-state index >= 15 is 0 Å². The zero-order valence-corrected chi connectivity index (χ0v) is 7.01. The van der Waals surface area contributed by atoms with Crippen molar-refractivity contribution < 1.29 is 9.53 Å². The van der Waals surface area contributed by atoms with E-state index in [9.17, 15) is 4.79 Å². The minimum absolute atomic E-state index is 0.493. The largest absolute Gasteiger partial charge is 0.451 e. The molecule has 0 aromatic carbocycles. The van der Waals surface area contributed by atoms with E-state index in [1.165, 1.54) is 7.11 Å². The first kappa shape index (κ1) is 7.87. The van der Waals surface area contributed by atoms with Gasteiger partial charge in [-0.25, -0.2) is 4.79 Å². The third-order valence-electron chi connectivity index (χ3n) is 0.388. The number of rotatable bonds is 0. The van der Waals surface area contributed by atoms with Gasteiger partial charge in [-0.3, -0.25) is 0 Å². The molecule has 0 atom stereocenters. The molecule has 0 unspecified atom stereocenters. The topological polar surface area (TPSA) is 38.7 Å². The van der Waals surface area contributed by atoms with E-state index in [0.29, 0.717) is 0 Å². The fourth-order valence-electron chi connectivity index (χ4n) is 0.152. The maximum Gasteiger partial charge on any atom is 0.437 e. The Kier molecular flexibility index (Phi) is 3.76. The van der Waals surface area contributed by atoms with Gasteiger partial charge in [0.25, 0.3) is 0 Å². The molecule has 0 bridgehead atoms. The molecule has 3 nitrogen and oxygen atoms in total. The Hall–Kier alpha value is -0.130. The molecule has 0 fully saturated rings. The van der Waals surface area contributed by atoms with E-state index in [1.54, 1.807) is 0 Å². The molecule has 0 rings (SSSR count). The summed E-state index contributed by atoms with van der Waals surface area (Å²) in [6.45, 7) is 0. The highest BCUT2D eigenvalue weighted by molar-refractivity contribution is 14.2. The first-order valence-electron chi connectivity index (χ1n) is 1.85. The summed E-state index contributed by atoms with van der Waals surface area (Å²) in [7, 11) is 1.31. The van der Waals surface area contributed by atoms with E-state index in [-0.39, 0.29) is 0 Å². The average Bonchev–Trinajstić information content (AvgIpc) is 1.65. The van der Waals surface area contributed by atoms with E-state index in [2.05, 4.69) is 12.4 Å². The Morgan fingerprint density at radius 2 is 2.38 bits per heavy atom. The van der Waals surface area contributed by atoms with Gasteiger partial charge >= 0.3 is 6.09 Å². The Labute approximate surface area is 54.8 Å². The Bertz CT molecular complexity index is 157. The zero-order chi connectivity index (χ0) is 6.57. The van der Waals surface area contributed by atoms with Gasteiger partial charge in [0.2, 0.25) is 0 Å². The van der Waals surface area contributed by atoms with Crippen LogP contribution in [-0.4, -0.2) is 22.6 Å². The van der Waals surface area contributed by atoms with Gasteiger partial charge in [-0.1, -0.05) is 23.7 Å². The normalized spacial score (nSPS) is 13.2. The molecule has 0 radical (unpaired) electrons. The summed E-state index contributed by atoms with van der Waals surface area (Å²) in [5.41, 5.74) is 0. The first-order chi connectivity index (χ1) is 3.66. The van der Waals surface area contributed by atoms with Crippen LogP contribution in [0.2, 0.25) is 0 Å². The Morgan fingerprint density at radius 1 is 1.88 bits per heavy atom. The molecule has 0 aliphatic heterocycles. The highest BCUT2D eigenvalue weighted by Crippen LogP contribution is 2.02. The lowest BCUT2D eigenvalue weighted by Gasteiger charge is -1.85. The molecule has 0 aromatic rings. The van der Waals surface area contributed by atoms with Crippen LogP contribution in [0.15, 0.2) is 3.15 Å². The van der Waals surface area contributed by atoms with Gasteiger partial charge in [-0.2, -0.15) is 3.15 Å². The summed E-state index contributed by atoms with van der Waals surface area (Å²) in [6.07, 6.45) is -0.493. The maximum absolute atomic E-state index is 10.2. The van der Waals surface area contributed by atoms with E-state index in [0.717, 1.165) is 0 Å². The van der Waals surface area contributed by atoms with E-state index in [4.69, 9.17) is 0 Å². The van der Waals surface area contributed by atoms with Gasteiger partial charge in [0.15, 0.2) is 0 Å². The summed E-state index contributed by atoms with van der Waals surface area (Å²) in [4.78, 5) is 12.1. The van der Waals surface area contributed by atoms with Crippen molar-refractivity contribution in [3.63, 3.8) is 0 Å². The van der Waals surface area contributed by atoms with Crippen LogP contribution in [0.4, 0.5) is 4.79 Å². The van der Waals surface area contributed by atoms with Crippen molar-refractivity contribution in [3.05, 3.63) is 0 Å². The van der Waals surface area contributed by atoms with Crippen LogP contribution in [0.1, 0.15) is 0 Å². The predicted octanol–water partition coefficient (Wildman–Crippen LogP) is 1.50. The molecule has 1 amide bonds. The van der Waals surface area contributed by atoms with Crippen molar-refractivity contribution in [2.75, 3.05) is 12.0 Å². The fourth-order valence-corrected chi connectivity index (χ4v) is 1.02. The SMILES string of the molecule is C=I(C)=NC(=O)OC. The molecule has 0 aromatic heterocycles. The number of ether oxygens (including phenoxy) is 1. The number of amides is 1. The standard InChI is InChI=1S/C4H8INO2/c1-5(2)6-4(7)8-3/h1H2,2-3H3. The summed E-state index contributed by atoms with van der Waals surface area (Å²) < 4.78 is 11.5. The van der Waals surface area contributed by atoms with E-state index < -0.39 is 25.3 Å². The molecule has 4 heteroatoms. The summed E-state index contributed by atoms with van der Waals surface area (Å²) >= 11 is -1.49. The smallest absolute Gasteiger partial charge is 0.437 e. The second-order valence-electron chi connectivity index (χ2n) is 1.11. The van der Waals surface area contributed by atoms with Crippen molar-refractivity contribution in [1.29, 1.82) is 0 Å². The highest BCUT2D eigenvalue weighted by atomic mass is 127. The predicted molar refractivity (Wildman–Crippen MR) is 41.9 cm³/mol. The van der Waals surface area contributed by atoms with Crippen molar-refractivity contribution in [1.82, 2.24) is 0 Å². The highest BCUT2D eigenvalue weighted by Gasteiger charge is 1.87. The zero-order valence-electron chi connectivity index (χ0n) is 4.85. The average molecular weight is 229 g/mol. The van der Waals surface area contributed by atoms with Crippen LogP contribution in [0.25, 0.3) is 0 Å². The van der Waals surface area contributed by atoms with Crippen molar-refractivity contribution in [3.8, 4) is 0 Å². The van der Waals surface area contributed by atoms with Crippen LogP contribution in [-0.2, 0) is 4.74 Å². The van der Waals surface area contributed by atoms with Crippen molar-refractivity contribution in [2.45, 2.75) is 0 Å². The number of halogens is 1. The van der Waals surface area contributed by atoms with Gasteiger partial charge in [-0.05, 0) is 4.93 Å². The Balaban J connectivity index is 3.90. The van der Waals surface area contributed by atoms with Gasteiger partial charge in [0.05, 0.1) is 7.11 Å². The Morgan fingerprint density at radius 3 is 2.50 bits per heavy atom. The molecule has 48 valence electrons. The summed E-state index contributed by atoms with van der Waals surface area (Å²) in [5.74, 6) is 0. The van der Waals surface area contributed by atoms with Gasteiger partial charge in [0.1, 0.15) is 0 Å². The van der Waals surface area contributed by atoms with Gasteiger partial charge < -0.3 is 4.74 Å². The lowest BCUT2D eigenvalue weighted by Crippen LogP contribution is -1.87.